The highest BCUT2D eigenvalue weighted by atomic mass is 19.4. The Morgan fingerprint density at radius 3 is 2.28 bits per heavy atom. The van der Waals surface area contributed by atoms with Crippen LogP contribution in [0.3, 0.4) is 0 Å². The van der Waals surface area contributed by atoms with Crippen molar-refractivity contribution in [2.24, 2.45) is 11.1 Å². The van der Waals surface area contributed by atoms with Gasteiger partial charge in [-0.15, -0.1) is 0 Å². The van der Waals surface area contributed by atoms with Gasteiger partial charge in [-0.1, -0.05) is 36.4 Å². The minimum Gasteiger partial charge on any atom is -0.465 e. The van der Waals surface area contributed by atoms with E-state index in [-0.39, 0.29) is 34.8 Å². The lowest BCUT2D eigenvalue weighted by atomic mass is 9.76. The molecule has 2 aliphatic rings. The number of nitrogens with zero attached hydrogens (tertiary/aromatic N) is 3. The summed E-state index contributed by atoms with van der Waals surface area (Å²) in [6, 6.07) is 13.2. The Hall–Kier alpha value is -4.39. The van der Waals surface area contributed by atoms with Gasteiger partial charge in [0, 0.05) is 36.8 Å². The van der Waals surface area contributed by atoms with Crippen molar-refractivity contribution < 1.29 is 32.2 Å². The number of nitrogens with two attached hydrogens (primary N) is 2. The Balaban J connectivity index is 1.29. The summed E-state index contributed by atoms with van der Waals surface area (Å²) in [5.74, 6) is -0.935. The minimum atomic E-state index is -4.74. The van der Waals surface area contributed by atoms with Crippen LogP contribution < -0.4 is 26.4 Å². The number of rotatable bonds is 8. The fraction of sp³-hybridized carbons (Fsp3) is 0.400. The van der Waals surface area contributed by atoms with Crippen LogP contribution in [0.25, 0.3) is 11.1 Å². The van der Waals surface area contributed by atoms with E-state index >= 15 is 0 Å². The smallest absolute Gasteiger partial charge is 0.429 e. The van der Waals surface area contributed by atoms with E-state index in [2.05, 4.69) is 15.3 Å². The molecule has 1 spiro atoms. The zero-order chi connectivity index (χ0) is 30.8. The first-order chi connectivity index (χ1) is 20.5. The highest BCUT2D eigenvalue weighted by molar-refractivity contribution is 5.93. The standard InChI is InChI=1S/C30H33F3N6O4/c1-2-42-27(41)22-16-29(17-36-22)11-13-39(14-12-29)23-15-24(38-28(35)37-23)43-25(30(31,32)33)20-7-3-18(4-8-20)19-5-9-21(10-6-19)26(34)40/h3-10,15,22,25,36H,2,11-14,16-17H2,1H3,(H2,34,40)(H2,35,37,38)/t22?,25-/m1/s1. The summed E-state index contributed by atoms with van der Waals surface area (Å²) in [4.78, 5) is 33.6. The van der Waals surface area contributed by atoms with E-state index in [0.717, 1.165) is 12.8 Å². The van der Waals surface area contributed by atoms with Crippen molar-refractivity contribution in [1.29, 1.82) is 0 Å². The number of hydrogen-bond donors (Lipinski definition) is 3. The Labute approximate surface area is 246 Å². The Kier molecular flexibility index (Phi) is 8.45. The quantitative estimate of drug-likeness (QED) is 0.327. The molecule has 1 aromatic heterocycles. The zero-order valence-electron chi connectivity index (χ0n) is 23.6. The van der Waals surface area contributed by atoms with Gasteiger partial charge in [0.25, 0.3) is 0 Å². The molecule has 0 radical (unpaired) electrons. The van der Waals surface area contributed by atoms with Gasteiger partial charge in [-0.25, -0.2) is 0 Å². The number of nitrogens with one attached hydrogen (secondary N) is 1. The molecule has 0 aliphatic carbocycles. The van der Waals surface area contributed by atoms with E-state index < -0.39 is 18.2 Å². The second-order valence-electron chi connectivity index (χ2n) is 10.9. The summed E-state index contributed by atoms with van der Waals surface area (Å²) in [5.41, 5.74) is 12.7. The summed E-state index contributed by atoms with van der Waals surface area (Å²) in [6.07, 6.45) is -4.84. The molecule has 2 saturated heterocycles. The molecule has 10 nitrogen and oxygen atoms in total. The summed E-state index contributed by atoms with van der Waals surface area (Å²) >= 11 is 0. The highest BCUT2D eigenvalue weighted by Gasteiger charge is 2.45. The molecule has 2 aliphatic heterocycles. The van der Waals surface area contributed by atoms with Crippen molar-refractivity contribution in [2.45, 2.75) is 44.5 Å². The molecule has 43 heavy (non-hydrogen) atoms. The summed E-state index contributed by atoms with van der Waals surface area (Å²) in [5, 5.41) is 3.26. The molecule has 2 aromatic carbocycles. The van der Waals surface area contributed by atoms with E-state index in [9.17, 15) is 22.8 Å². The maximum Gasteiger partial charge on any atom is 0.429 e. The average molecular weight is 599 g/mol. The SMILES string of the molecule is CCOC(=O)C1CC2(CCN(c3cc(O[C@H](c4ccc(-c5ccc(C(N)=O)cc5)cc4)C(F)(F)F)nc(N)n3)CC2)CN1. The lowest BCUT2D eigenvalue weighted by Gasteiger charge is -2.39. The maximum absolute atomic E-state index is 14.2. The second kappa shape index (κ2) is 12.1. The third kappa shape index (κ3) is 6.82. The molecule has 5 N–H and O–H groups in total. The number of carbonyl (C=O) groups is 2. The number of ether oxygens (including phenoxy) is 2. The van der Waals surface area contributed by atoms with Gasteiger partial charge in [0.05, 0.1) is 6.61 Å². The number of hydrogen-bond acceptors (Lipinski definition) is 9. The van der Waals surface area contributed by atoms with E-state index in [4.69, 9.17) is 20.9 Å². The molecule has 3 heterocycles. The van der Waals surface area contributed by atoms with Crippen LogP contribution >= 0.6 is 0 Å². The van der Waals surface area contributed by atoms with Crippen LogP contribution in [0.5, 0.6) is 5.88 Å². The van der Waals surface area contributed by atoms with Crippen LogP contribution in [0.15, 0.2) is 54.6 Å². The molecule has 5 rings (SSSR count). The van der Waals surface area contributed by atoms with E-state index in [1.807, 2.05) is 4.90 Å². The average Bonchev–Trinajstić information content (AvgIpc) is 3.39. The first-order valence-electron chi connectivity index (χ1n) is 14.0. The second-order valence-corrected chi connectivity index (χ2v) is 10.9. The minimum absolute atomic E-state index is 0.0662. The zero-order valence-corrected chi connectivity index (χ0v) is 23.6. The number of nitrogen functional groups attached to an aromatic ring is 1. The molecule has 1 unspecified atom stereocenters. The molecular weight excluding hydrogens is 565 g/mol. The normalized spacial score (nSPS) is 18.8. The molecule has 228 valence electrons. The van der Waals surface area contributed by atoms with Gasteiger partial charge in [-0.3, -0.25) is 9.59 Å². The number of anilines is 2. The van der Waals surface area contributed by atoms with Gasteiger partial charge < -0.3 is 31.2 Å². The van der Waals surface area contributed by atoms with Crippen LogP contribution in [0, 0.1) is 5.41 Å². The van der Waals surface area contributed by atoms with Gasteiger partial charge in [0.15, 0.2) is 0 Å². The van der Waals surface area contributed by atoms with E-state index in [1.165, 1.54) is 18.2 Å². The fourth-order valence-electron chi connectivity index (χ4n) is 5.69. The lowest BCUT2D eigenvalue weighted by molar-refractivity contribution is -0.198. The van der Waals surface area contributed by atoms with Crippen molar-refractivity contribution in [3.05, 3.63) is 65.7 Å². The number of esters is 1. The number of alkyl halides is 3. The van der Waals surface area contributed by atoms with E-state index in [0.29, 0.717) is 55.2 Å². The van der Waals surface area contributed by atoms with Crippen LogP contribution in [0.4, 0.5) is 24.9 Å². The van der Waals surface area contributed by atoms with Crippen molar-refractivity contribution in [3.8, 4) is 17.0 Å². The number of carbonyl (C=O) groups excluding carboxylic acids is 2. The lowest BCUT2D eigenvalue weighted by Crippen LogP contribution is -2.41. The molecule has 0 bridgehead atoms. The largest absolute Gasteiger partial charge is 0.465 e. The van der Waals surface area contributed by atoms with Crippen LogP contribution in [-0.2, 0) is 9.53 Å². The molecule has 0 saturated carbocycles. The Morgan fingerprint density at radius 2 is 1.70 bits per heavy atom. The first-order valence-corrected chi connectivity index (χ1v) is 14.0. The van der Waals surface area contributed by atoms with Gasteiger partial charge in [-0.2, -0.15) is 23.1 Å². The topological polar surface area (TPSA) is 146 Å². The van der Waals surface area contributed by atoms with Gasteiger partial charge in [0.2, 0.25) is 23.8 Å². The number of halogens is 3. The third-order valence-corrected chi connectivity index (χ3v) is 8.04. The van der Waals surface area contributed by atoms with E-state index in [1.54, 1.807) is 43.3 Å². The molecular formula is C30H33F3N6O4. The molecule has 2 atom stereocenters. The predicted molar refractivity (Wildman–Crippen MR) is 153 cm³/mol. The molecule has 1 amide bonds. The van der Waals surface area contributed by atoms with Crippen LogP contribution in [0.1, 0.15) is 48.2 Å². The molecule has 13 heteroatoms. The van der Waals surface area contributed by atoms with Crippen LogP contribution in [-0.4, -0.2) is 60.3 Å². The number of aromatic nitrogens is 2. The van der Waals surface area contributed by atoms with Gasteiger partial charge >= 0.3 is 12.1 Å². The maximum atomic E-state index is 14.2. The summed E-state index contributed by atoms with van der Waals surface area (Å²) < 4.78 is 53.2. The van der Waals surface area contributed by atoms with Gasteiger partial charge in [0.1, 0.15) is 11.9 Å². The number of benzene rings is 2. The van der Waals surface area contributed by atoms with Crippen molar-refractivity contribution in [1.82, 2.24) is 15.3 Å². The van der Waals surface area contributed by atoms with Crippen molar-refractivity contribution >= 4 is 23.6 Å². The molecule has 3 aromatic rings. The van der Waals surface area contributed by atoms with Crippen LogP contribution in [0.2, 0.25) is 0 Å². The Bertz CT molecular complexity index is 1460. The monoisotopic (exact) mass is 598 g/mol. The highest BCUT2D eigenvalue weighted by Crippen LogP contribution is 2.41. The van der Waals surface area contributed by atoms with Gasteiger partial charge in [-0.05, 0) is 54.9 Å². The number of piperidine rings is 1. The van der Waals surface area contributed by atoms with Crippen molar-refractivity contribution in [2.75, 3.05) is 36.9 Å². The summed E-state index contributed by atoms with van der Waals surface area (Å²) in [6.45, 7) is 3.95. The number of amides is 1. The molecule has 2 fully saturated rings. The first kappa shape index (κ1) is 30.1. The van der Waals surface area contributed by atoms with Crippen molar-refractivity contribution in [3.63, 3.8) is 0 Å². The summed E-state index contributed by atoms with van der Waals surface area (Å²) in [7, 11) is 0. The number of primary amides is 1. The predicted octanol–water partition coefficient (Wildman–Crippen LogP) is 4.02. The third-order valence-electron chi connectivity index (χ3n) is 8.04. The Morgan fingerprint density at radius 1 is 1.07 bits per heavy atom. The fourth-order valence-corrected chi connectivity index (χ4v) is 5.69.